The van der Waals surface area contributed by atoms with Gasteiger partial charge in [0.05, 0.1) is 6.54 Å². The molecule has 0 aliphatic rings. The molecule has 0 fully saturated rings. The minimum Gasteiger partial charge on any atom is -0.308 e. The zero-order valence-electron chi connectivity index (χ0n) is 16.7. The van der Waals surface area contributed by atoms with Crippen molar-refractivity contribution in [2.24, 2.45) is 0 Å². The van der Waals surface area contributed by atoms with E-state index in [1.165, 1.54) is 63.4 Å². The quantitative estimate of drug-likeness (QED) is 0.214. The SMILES string of the molecule is CCCCCCCCCCCC[N+](CC=O)(CC=O)Cc1ccccc1. The van der Waals surface area contributed by atoms with Gasteiger partial charge in [-0.3, -0.25) is 9.59 Å². The third kappa shape index (κ3) is 9.86. The van der Waals surface area contributed by atoms with Crippen molar-refractivity contribution in [2.75, 3.05) is 19.6 Å². The maximum Gasteiger partial charge on any atom is 0.174 e. The Bertz CT molecular complexity index is 462. The Labute approximate surface area is 160 Å². The van der Waals surface area contributed by atoms with Gasteiger partial charge in [0.15, 0.2) is 12.6 Å². The van der Waals surface area contributed by atoms with E-state index in [1.54, 1.807) is 0 Å². The van der Waals surface area contributed by atoms with Crippen molar-refractivity contribution in [1.29, 1.82) is 0 Å². The van der Waals surface area contributed by atoms with Crippen molar-refractivity contribution in [1.82, 2.24) is 0 Å². The van der Waals surface area contributed by atoms with Crippen molar-refractivity contribution in [3.63, 3.8) is 0 Å². The molecule has 0 saturated heterocycles. The lowest BCUT2D eigenvalue weighted by molar-refractivity contribution is -0.925. The summed E-state index contributed by atoms with van der Waals surface area (Å²) in [4.78, 5) is 22.5. The highest BCUT2D eigenvalue weighted by atomic mass is 16.1. The van der Waals surface area contributed by atoms with E-state index in [9.17, 15) is 9.59 Å². The molecule has 0 bridgehead atoms. The normalized spacial score (nSPS) is 11.4. The molecule has 0 amide bonds. The number of aldehydes is 2. The Balaban J connectivity index is 2.34. The molecular weight excluding hydrogens is 322 g/mol. The predicted molar refractivity (Wildman–Crippen MR) is 109 cm³/mol. The van der Waals surface area contributed by atoms with Gasteiger partial charge in [-0.15, -0.1) is 0 Å². The van der Waals surface area contributed by atoms with E-state index in [-0.39, 0.29) is 0 Å². The summed E-state index contributed by atoms with van der Waals surface area (Å²) in [5.74, 6) is 0. The number of benzene rings is 1. The third-order valence-electron chi connectivity index (χ3n) is 5.27. The van der Waals surface area contributed by atoms with E-state index in [0.717, 1.165) is 32.1 Å². The highest BCUT2D eigenvalue weighted by molar-refractivity contribution is 5.53. The monoisotopic (exact) mass is 360 g/mol. The molecule has 0 aliphatic heterocycles. The van der Waals surface area contributed by atoms with Crippen LogP contribution < -0.4 is 0 Å². The lowest BCUT2D eigenvalue weighted by Gasteiger charge is -2.35. The van der Waals surface area contributed by atoms with Gasteiger partial charge in [0.2, 0.25) is 0 Å². The second-order valence-corrected chi connectivity index (χ2v) is 7.59. The van der Waals surface area contributed by atoms with Gasteiger partial charge >= 0.3 is 0 Å². The third-order valence-corrected chi connectivity index (χ3v) is 5.27. The van der Waals surface area contributed by atoms with E-state index in [0.29, 0.717) is 17.6 Å². The average Bonchev–Trinajstić information content (AvgIpc) is 2.64. The fourth-order valence-corrected chi connectivity index (χ4v) is 3.69. The van der Waals surface area contributed by atoms with Gasteiger partial charge in [-0.05, 0) is 12.8 Å². The van der Waals surface area contributed by atoms with Crippen LogP contribution in [0.1, 0.15) is 76.7 Å². The lowest BCUT2D eigenvalue weighted by Crippen LogP contribution is -2.50. The first-order valence-corrected chi connectivity index (χ1v) is 10.5. The Morgan fingerprint density at radius 2 is 1.23 bits per heavy atom. The maximum atomic E-state index is 11.2. The van der Waals surface area contributed by atoms with Crippen LogP contribution in [-0.2, 0) is 16.1 Å². The van der Waals surface area contributed by atoms with Crippen LogP contribution in [0.3, 0.4) is 0 Å². The minimum atomic E-state index is 0.422. The van der Waals surface area contributed by atoms with Gasteiger partial charge in [0.25, 0.3) is 0 Å². The Morgan fingerprint density at radius 1 is 0.731 bits per heavy atom. The van der Waals surface area contributed by atoms with Crippen LogP contribution in [0.2, 0.25) is 0 Å². The van der Waals surface area contributed by atoms with Crippen LogP contribution in [-0.4, -0.2) is 36.7 Å². The highest BCUT2D eigenvalue weighted by Gasteiger charge is 2.26. The number of rotatable bonds is 17. The van der Waals surface area contributed by atoms with Gasteiger partial charge in [-0.1, -0.05) is 88.6 Å². The molecule has 26 heavy (non-hydrogen) atoms. The molecule has 0 heterocycles. The predicted octanol–water partition coefficient (Wildman–Crippen LogP) is 5.32. The van der Waals surface area contributed by atoms with E-state index in [1.807, 2.05) is 18.2 Å². The van der Waals surface area contributed by atoms with Crippen LogP contribution >= 0.6 is 0 Å². The van der Waals surface area contributed by atoms with Crippen molar-refractivity contribution >= 4 is 12.6 Å². The molecule has 0 unspecified atom stereocenters. The molecule has 1 aromatic carbocycles. The lowest BCUT2D eigenvalue weighted by atomic mass is 10.1. The fourth-order valence-electron chi connectivity index (χ4n) is 3.69. The van der Waals surface area contributed by atoms with Crippen LogP contribution in [0.4, 0.5) is 0 Å². The highest BCUT2D eigenvalue weighted by Crippen LogP contribution is 2.17. The first-order valence-electron chi connectivity index (χ1n) is 10.5. The first kappa shape index (κ1) is 22.6. The van der Waals surface area contributed by atoms with Crippen molar-refractivity contribution in [2.45, 2.75) is 77.7 Å². The second-order valence-electron chi connectivity index (χ2n) is 7.59. The Kier molecular flexibility index (Phi) is 12.7. The molecule has 1 rings (SSSR count). The van der Waals surface area contributed by atoms with E-state index < -0.39 is 0 Å². The summed E-state index contributed by atoms with van der Waals surface area (Å²) in [7, 11) is 0. The molecule has 3 heteroatoms. The maximum absolute atomic E-state index is 11.2. The zero-order chi connectivity index (χ0) is 18.9. The minimum absolute atomic E-state index is 0.422. The number of nitrogens with zero attached hydrogens (tertiary/aromatic N) is 1. The average molecular weight is 361 g/mol. The van der Waals surface area contributed by atoms with Crippen LogP contribution in [0.5, 0.6) is 0 Å². The van der Waals surface area contributed by atoms with Gasteiger partial charge < -0.3 is 4.48 Å². The van der Waals surface area contributed by atoms with Crippen LogP contribution in [0.15, 0.2) is 30.3 Å². The molecule has 0 aliphatic carbocycles. The Hall–Kier alpha value is -1.48. The van der Waals surface area contributed by atoms with Crippen molar-refractivity contribution < 1.29 is 14.1 Å². The van der Waals surface area contributed by atoms with E-state index >= 15 is 0 Å². The molecule has 0 atom stereocenters. The number of hydrogen-bond acceptors (Lipinski definition) is 2. The van der Waals surface area contributed by atoms with Gasteiger partial charge in [0, 0.05) is 5.56 Å². The smallest absolute Gasteiger partial charge is 0.174 e. The largest absolute Gasteiger partial charge is 0.308 e. The molecule has 3 nitrogen and oxygen atoms in total. The van der Waals surface area contributed by atoms with Crippen LogP contribution in [0.25, 0.3) is 0 Å². The van der Waals surface area contributed by atoms with Gasteiger partial charge in [0.1, 0.15) is 19.6 Å². The summed E-state index contributed by atoms with van der Waals surface area (Å²) in [5, 5.41) is 0. The molecule has 0 radical (unpaired) electrons. The molecular formula is C23H38NO2+. The standard InChI is InChI=1S/C23H38NO2/c1-2-3-4-5-6-7-8-9-10-14-17-24(18-20-25,19-21-26)22-23-15-12-11-13-16-23/h11-13,15-16,20-21H,2-10,14,17-19,22H2,1H3/q+1. The summed E-state index contributed by atoms with van der Waals surface area (Å²) in [5.41, 5.74) is 1.20. The topological polar surface area (TPSA) is 34.1 Å². The Morgan fingerprint density at radius 3 is 1.73 bits per heavy atom. The summed E-state index contributed by atoms with van der Waals surface area (Å²) < 4.78 is 0.564. The number of carbonyl (C=O) groups excluding carboxylic acids is 2. The summed E-state index contributed by atoms with van der Waals surface area (Å²) in [6, 6.07) is 10.2. The van der Waals surface area contributed by atoms with Crippen LogP contribution in [0, 0.1) is 0 Å². The fraction of sp³-hybridized carbons (Fsp3) is 0.652. The first-order chi connectivity index (χ1) is 12.8. The van der Waals surface area contributed by atoms with E-state index in [2.05, 4.69) is 19.1 Å². The summed E-state index contributed by atoms with van der Waals surface area (Å²) >= 11 is 0. The number of quaternary nitrogens is 1. The molecule has 0 saturated carbocycles. The molecule has 146 valence electrons. The number of carbonyl (C=O) groups is 2. The molecule has 0 aromatic heterocycles. The molecule has 1 aromatic rings. The van der Waals surface area contributed by atoms with Crippen molar-refractivity contribution in [3.05, 3.63) is 35.9 Å². The second kappa shape index (κ2) is 14.7. The summed E-state index contributed by atoms with van der Waals surface area (Å²) in [6.45, 7) is 4.76. The van der Waals surface area contributed by atoms with Gasteiger partial charge in [-0.2, -0.15) is 0 Å². The summed E-state index contributed by atoms with van der Waals surface area (Å²) in [6.07, 6.45) is 15.0. The molecule has 0 spiro atoms. The van der Waals surface area contributed by atoms with Gasteiger partial charge in [-0.25, -0.2) is 0 Å². The number of hydrogen-bond donors (Lipinski definition) is 0. The number of unbranched alkanes of at least 4 members (excludes halogenated alkanes) is 9. The van der Waals surface area contributed by atoms with Crippen molar-refractivity contribution in [3.8, 4) is 0 Å². The van der Waals surface area contributed by atoms with E-state index in [4.69, 9.17) is 0 Å². The molecule has 0 N–H and O–H groups in total. The zero-order valence-corrected chi connectivity index (χ0v) is 16.7.